The first-order valence-corrected chi connectivity index (χ1v) is 9.59. The van der Waals surface area contributed by atoms with Gasteiger partial charge in [0, 0.05) is 28.7 Å². The number of benzene rings is 3. The van der Waals surface area contributed by atoms with Crippen LogP contribution in [0, 0.1) is 0 Å². The Labute approximate surface area is 167 Å². The molecule has 0 amide bonds. The predicted molar refractivity (Wildman–Crippen MR) is 118 cm³/mol. The Hall–Kier alpha value is -3.98. The molecule has 0 aliphatic rings. The topological polar surface area (TPSA) is 38.9 Å². The number of aromatic nitrogens is 2. The van der Waals surface area contributed by atoms with E-state index in [0.29, 0.717) is 0 Å². The third-order valence-corrected chi connectivity index (χ3v) is 5.37. The second-order valence-electron chi connectivity index (χ2n) is 7.10. The van der Waals surface area contributed by atoms with Crippen LogP contribution in [0.3, 0.4) is 0 Å². The van der Waals surface area contributed by atoms with E-state index in [1.54, 1.807) is 6.20 Å². The molecule has 3 aromatic carbocycles. The molecule has 0 aliphatic heterocycles. The van der Waals surface area contributed by atoms with Gasteiger partial charge in [-0.3, -0.25) is 4.98 Å². The summed E-state index contributed by atoms with van der Waals surface area (Å²) in [5, 5.41) is 2.13. The third-order valence-electron chi connectivity index (χ3n) is 5.37. The van der Waals surface area contributed by atoms with Crippen molar-refractivity contribution in [2.75, 3.05) is 0 Å². The summed E-state index contributed by atoms with van der Waals surface area (Å²) in [6, 6.07) is 28.9. The first-order valence-electron chi connectivity index (χ1n) is 9.59. The minimum Gasteiger partial charge on any atom is -0.454 e. The molecule has 0 radical (unpaired) electrons. The summed E-state index contributed by atoms with van der Waals surface area (Å²) < 4.78 is 6.29. The van der Waals surface area contributed by atoms with Crippen LogP contribution in [0.2, 0.25) is 0 Å². The van der Waals surface area contributed by atoms with Crippen LogP contribution in [0.15, 0.2) is 102 Å². The Morgan fingerprint density at radius 2 is 1.38 bits per heavy atom. The molecule has 0 saturated carbocycles. The van der Waals surface area contributed by atoms with Gasteiger partial charge in [0.25, 0.3) is 0 Å². The van der Waals surface area contributed by atoms with E-state index in [1.807, 2.05) is 42.6 Å². The SMILES string of the molecule is c1cncc(-c2ccc(-c3c4ccccc4nc4c3oc3ccccc34)cc2)c1. The first kappa shape index (κ1) is 16.0. The van der Waals surface area contributed by atoms with Crippen LogP contribution >= 0.6 is 0 Å². The fraction of sp³-hybridized carbons (Fsp3) is 0. The quantitative estimate of drug-likeness (QED) is 0.333. The molecule has 0 fully saturated rings. The van der Waals surface area contributed by atoms with Crippen molar-refractivity contribution in [3.8, 4) is 22.3 Å². The summed E-state index contributed by atoms with van der Waals surface area (Å²) in [6.45, 7) is 0. The molecule has 0 N–H and O–H groups in total. The van der Waals surface area contributed by atoms with Gasteiger partial charge in [0.05, 0.1) is 5.52 Å². The van der Waals surface area contributed by atoms with Gasteiger partial charge in [-0.05, 0) is 41.0 Å². The lowest BCUT2D eigenvalue weighted by Crippen LogP contribution is -1.87. The van der Waals surface area contributed by atoms with Crippen LogP contribution in [0.1, 0.15) is 0 Å². The maximum atomic E-state index is 6.29. The average molecular weight is 372 g/mol. The predicted octanol–water partition coefficient (Wildman–Crippen LogP) is 6.86. The molecule has 3 heterocycles. The number of pyridine rings is 2. The number of hydrogen-bond acceptors (Lipinski definition) is 3. The Balaban J connectivity index is 1.65. The van der Waals surface area contributed by atoms with Crippen molar-refractivity contribution in [1.82, 2.24) is 9.97 Å². The van der Waals surface area contributed by atoms with Crippen LogP contribution in [0.4, 0.5) is 0 Å². The monoisotopic (exact) mass is 372 g/mol. The molecule has 29 heavy (non-hydrogen) atoms. The molecule has 0 atom stereocenters. The largest absolute Gasteiger partial charge is 0.454 e. The zero-order valence-corrected chi connectivity index (χ0v) is 15.5. The number of rotatable bonds is 2. The van der Waals surface area contributed by atoms with Gasteiger partial charge in [0.15, 0.2) is 5.58 Å². The summed E-state index contributed by atoms with van der Waals surface area (Å²) in [6.07, 6.45) is 3.67. The highest BCUT2D eigenvalue weighted by molar-refractivity contribution is 6.14. The summed E-state index contributed by atoms with van der Waals surface area (Å²) in [7, 11) is 0. The molecule has 136 valence electrons. The Bertz CT molecular complexity index is 1480. The van der Waals surface area contributed by atoms with Gasteiger partial charge in [0.2, 0.25) is 0 Å². The lowest BCUT2D eigenvalue weighted by molar-refractivity contribution is 0.670. The number of fused-ring (bicyclic) bond motifs is 4. The fourth-order valence-electron chi connectivity index (χ4n) is 3.99. The van der Waals surface area contributed by atoms with E-state index in [0.717, 1.165) is 55.2 Å². The average Bonchev–Trinajstić information content (AvgIpc) is 3.16. The molecule has 0 spiro atoms. The number of nitrogens with zero attached hydrogens (tertiary/aromatic N) is 2. The zero-order chi connectivity index (χ0) is 19.2. The summed E-state index contributed by atoms with van der Waals surface area (Å²) in [5.74, 6) is 0. The molecule has 3 aromatic heterocycles. The van der Waals surface area contributed by atoms with Gasteiger partial charge in [-0.1, -0.05) is 60.7 Å². The molecule has 0 aliphatic carbocycles. The van der Waals surface area contributed by atoms with Crippen molar-refractivity contribution in [2.24, 2.45) is 0 Å². The van der Waals surface area contributed by atoms with E-state index < -0.39 is 0 Å². The van der Waals surface area contributed by atoms with Crippen LogP contribution < -0.4 is 0 Å². The maximum absolute atomic E-state index is 6.29. The molecule has 0 unspecified atom stereocenters. The van der Waals surface area contributed by atoms with E-state index in [9.17, 15) is 0 Å². The zero-order valence-electron chi connectivity index (χ0n) is 15.5. The molecule has 0 bridgehead atoms. The van der Waals surface area contributed by atoms with Gasteiger partial charge >= 0.3 is 0 Å². The highest BCUT2D eigenvalue weighted by Gasteiger charge is 2.17. The second-order valence-corrected chi connectivity index (χ2v) is 7.10. The van der Waals surface area contributed by atoms with Gasteiger partial charge in [-0.2, -0.15) is 0 Å². The smallest absolute Gasteiger partial charge is 0.162 e. The molecule has 3 nitrogen and oxygen atoms in total. The van der Waals surface area contributed by atoms with Crippen molar-refractivity contribution >= 4 is 33.0 Å². The Morgan fingerprint density at radius 3 is 2.21 bits per heavy atom. The molecular weight excluding hydrogens is 356 g/mol. The normalized spacial score (nSPS) is 11.4. The second kappa shape index (κ2) is 6.28. The van der Waals surface area contributed by atoms with Crippen LogP contribution in [0.25, 0.3) is 55.2 Å². The standard InChI is InChI=1S/C26H16N2O/c1-3-9-22-20(7-1)24(26-25(28-22)21-8-2-4-10-23(21)29-26)18-13-11-17(12-14-18)19-6-5-15-27-16-19/h1-16H. The number of furan rings is 1. The van der Waals surface area contributed by atoms with Crippen molar-refractivity contribution in [3.63, 3.8) is 0 Å². The lowest BCUT2D eigenvalue weighted by atomic mass is 9.97. The van der Waals surface area contributed by atoms with Crippen molar-refractivity contribution in [3.05, 3.63) is 97.3 Å². The molecular formula is C26H16N2O. The maximum Gasteiger partial charge on any atom is 0.162 e. The van der Waals surface area contributed by atoms with Gasteiger partial charge < -0.3 is 4.42 Å². The lowest BCUT2D eigenvalue weighted by Gasteiger charge is -2.09. The Morgan fingerprint density at radius 1 is 0.621 bits per heavy atom. The molecule has 6 aromatic rings. The highest BCUT2D eigenvalue weighted by Crippen LogP contribution is 2.39. The van der Waals surface area contributed by atoms with Crippen LogP contribution in [-0.2, 0) is 0 Å². The molecule has 0 saturated heterocycles. The van der Waals surface area contributed by atoms with Crippen molar-refractivity contribution in [1.29, 1.82) is 0 Å². The molecule has 6 rings (SSSR count). The van der Waals surface area contributed by atoms with E-state index in [-0.39, 0.29) is 0 Å². The summed E-state index contributed by atoms with van der Waals surface area (Å²) in [5.41, 5.74) is 8.01. The number of hydrogen-bond donors (Lipinski definition) is 0. The van der Waals surface area contributed by atoms with Gasteiger partial charge in [-0.25, -0.2) is 4.98 Å². The van der Waals surface area contributed by atoms with E-state index >= 15 is 0 Å². The highest BCUT2D eigenvalue weighted by atomic mass is 16.3. The first-order chi connectivity index (χ1) is 14.4. The van der Waals surface area contributed by atoms with Gasteiger partial charge in [-0.15, -0.1) is 0 Å². The minimum atomic E-state index is 0.832. The van der Waals surface area contributed by atoms with Crippen LogP contribution in [0.5, 0.6) is 0 Å². The van der Waals surface area contributed by atoms with E-state index in [4.69, 9.17) is 9.40 Å². The van der Waals surface area contributed by atoms with E-state index in [2.05, 4.69) is 53.5 Å². The third kappa shape index (κ3) is 2.52. The fourth-order valence-corrected chi connectivity index (χ4v) is 3.99. The van der Waals surface area contributed by atoms with Crippen molar-refractivity contribution < 1.29 is 4.42 Å². The van der Waals surface area contributed by atoms with Gasteiger partial charge in [0.1, 0.15) is 11.1 Å². The number of para-hydroxylation sites is 2. The molecule has 3 heteroatoms. The van der Waals surface area contributed by atoms with E-state index in [1.165, 1.54) is 0 Å². The van der Waals surface area contributed by atoms with Crippen molar-refractivity contribution in [2.45, 2.75) is 0 Å². The minimum absolute atomic E-state index is 0.832. The summed E-state index contributed by atoms with van der Waals surface area (Å²) >= 11 is 0. The Kier molecular flexibility index (Phi) is 3.47. The van der Waals surface area contributed by atoms with Crippen LogP contribution in [-0.4, -0.2) is 9.97 Å². The summed E-state index contributed by atoms with van der Waals surface area (Å²) in [4.78, 5) is 9.14.